The van der Waals surface area contributed by atoms with Crippen molar-refractivity contribution in [3.8, 4) is 0 Å². The molecule has 0 aromatic carbocycles. The predicted octanol–water partition coefficient (Wildman–Crippen LogP) is -0.981. The van der Waals surface area contributed by atoms with Crippen LogP contribution in [0.3, 0.4) is 0 Å². The van der Waals surface area contributed by atoms with Gasteiger partial charge in [-0.05, 0) is 0 Å². The lowest BCUT2D eigenvalue weighted by Crippen LogP contribution is -2.33. The molecule has 0 spiro atoms. The zero-order valence-corrected chi connectivity index (χ0v) is 5.98. The summed E-state index contributed by atoms with van der Waals surface area (Å²) in [5, 5.41) is 17.3. The topological polar surface area (TPSA) is 87.1 Å². The molecule has 0 radical (unpaired) electrons. The summed E-state index contributed by atoms with van der Waals surface area (Å²) in [7, 11) is 1.21. The van der Waals surface area contributed by atoms with Gasteiger partial charge in [-0.2, -0.15) is 5.06 Å². The van der Waals surface area contributed by atoms with E-state index in [2.05, 4.69) is 4.84 Å². The maximum Gasteiger partial charge on any atom is 0.320 e. The molecular weight excluding hydrogens is 154 g/mol. The minimum absolute atomic E-state index is 0.442. The smallest absolute Gasteiger partial charge is 0.320 e. The van der Waals surface area contributed by atoms with Crippen LogP contribution in [-0.4, -0.2) is 47.4 Å². The monoisotopic (exact) mass is 163 g/mol. The van der Waals surface area contributed by atoms with Gasteiger partial charge in [-0.1, -0.05) is 0 Å². The lowest BCUT2D eigenvalue weighted by Gasteiger charge is -2.13. The molecular formula is C5H9NO5. The molecule has 6 heteroatoms. The Hall–Kier alpha value is -1.14. The number of aliphatic carboxylic acids is 2. The van der Waals surface area contributed by atoms with Crippen LogP contribution in [0, 0.1) is 0 Å². The van der Waals surface area contributed by atoms with E-state index >= 15 is 0 Å². The minimum atomic E-state index is -1.13. The van der Waals surface area contributed by atoms with Gasteiger partial charge in [-0.25, -0.2) is 0 Å². The molecule has 0 aliphatic heterocycles. The minimum Gasteiger partial charge on any atom is -0.480 e. The standard InChI is InChI=1S/C5H9NO5/c1-11-6(2-4(7)8)3-5(9)10/h2-3H2,1H3,(H,7,8)(H,9,10). The molecule has 2 N–H and O–H groups in total. The highest BCUT2D eigenvalue weighted by Gasteiger charge is 2.11. The highest BCUT2D eigenvalue weighted by atomic mass is 16.7. The van der Waals surface area contributed by atoms with E-state index in [1.54, 1.807) is 0 Å². The summed E-state index contributed by atoms with van der Waals surface area (Å²) < 4.78 is 0. The fourth-order valence-electron chi connectivity index (χ4n) is 0.487. The SMILES string of the molecule is CON(CC(=O)O)CC(=O)O. The van der Waals surface area contributed by atoms with Gasteiger partial charge in [0.05, 0.1) is 7.11 Å². The third-order valence-electron chi connectivity index (χ3n) is 0.881. The molecule has 0 aliphatic carbocycles. The van der Waals surface area contributed by atoms with Gasteiger partial charge in [-0.15, -0.1) is 0 Å². The second-order valence-corrected chi connectivity index (χ2v) is 1.77. The fraction of sp³-hybridized carbons (Fsp3) is 0.600. The molecule has 0 aromatic rings. The van der Waals surface area contributed by atoms with Gasteiger partial charge in [-0.3, -0.25) is 9.59 Å². The Morgan fingerprint density at radius 1 is 1.27 bits per heavy atom. The van der Waals surface area contributed by atoms with Gasteiger partial charge < -0.3 is 15.1 Å². The van der Waals surface area contributed by atoms with Gasteiger partial charge in [0.15, 0.2) is 0 Å². The van der Waals surface area contributed by atoms with Crippen LogP contribution in [0.1, 0.15) is 0 Å². The molecule has 0 aromatic heterocycles. The van der Waals surface area contributed by atoms with E-state index < -0.39 is 25.0 Å². The van der Waals surface area contributed by atoms with Crippen molar-refractivity contribution < 1.29 is 24.6 Å². The van der Waals surface area contributed by atoms with Gasteiger partial charge in [0.1, 0.15) is 13.1 Å². The Morgan fingerprint density at radius 2 is 1.64 bits per heavy atom. The molecule has 11 heavy (non-hydrogen) atoms. The maximum atomic E-state index is 10.0. The molecule has 0 amide bonds. The molecule has 0 rings (SSSR count). The summed E-state index contributed by atoms with van der Waals surface area (Å²) in [5.74, 6) is -2.26. The molecule has 0 bridgehead atoms. The molecule has 0 atom stereocenters. The number of rotatable bonds is 5. The molecule has 0 unspecified atom stereocenters. The number of carboxylic acid groups (broad SMARTS) is 2. The summed E-state index contributed by atoms with van der Waals surface area (Å²) >= 11 is 0. The largest absolute Gasteiger partial charge is 0.480 e. The first-order chi connectivity index (χ1) is 5.06. The van der Waals surface area contributed by atoms with Crippen LogP contribution < -0.4 is 0 Å². The van der Waals surface area contributed by atoms with Crippen molar-refractivity contribution in [2.45, 2.75) is 0 Å². The highest BCUT2D eigenvalue weighted by molar-refractivity contribution is 5.72. The van der Waals surface area contributed by atoms with Gasteiger partial charge in [0, 0.05) is 0 Å². The molecule has 0 aliphatic rings. The van der Waals surface area contributed by atoms with Gasteiger partial charge in [0.2, 0.25) is 0 Å². The van der Waals surface area contributed by atoms with E-state index in [9.17, 15) is 9.59 Å². The van der Waals surface area contributed by atoms with E-state index in [0.29, 0.717) is 0 Å². The number of hydrogen-bond donors (Lipinski definition) is 2. The maximum absolute atomic E-state index is 10.0. The summed E-state index contributed by atoms with van der Waals surface area (Å²) in [6, 6.07) is 0. The first-order valence-electron chi connectivity index (χ1n) is 2.79. The fourth-order valence-corrected chi connectivity index (χ4v) is 0.487. The average Bonchev–Trinajstić information content (AvgIpc) is 1.84. The number of hydroxylamine groups is 2. The zero-order valence-electron chi connectivity index (χ0n) is 5.98. The number of nitrogens with zero attached hydrogens (tertiary/aromatic N) is 1. The van der Waals surface area contributed by atoms with E-state index in [0.717, 1.165) is 5.06 Å². The van der Waals surface area contributed by atoms with Crippen LogP contribution in [-0.2, 0) is 14.4 Å². The quantitative estimate of drug-likeness (QED) is 0.506. The van der Waals surface area contributed by atoms with Crippen LogP contribution in [0.2, 0.25) is 0 Å². The molecule has 0 heterocycles. The van der Waals surface area contributed by atoms with E-state index in [-0.39, 0.29) is 0 Å². The van der Waals surface area contributed by atoms with Crippen molar-refractivity contribution in [2.24, 2.45) is 0 Å². The zero-order chi connectivity index (χ0) is 8.85. The van der Waals surface area contributed by atoms with Crippen molar-refractivity contribution >= 4 is 11.9 Å². The van der Waals surface area contributed by atoms with Crippen molar-refractivity contribution in [3.63, 3.8) is 0 Å². The van der Waals surface area contributed by atoms with Crippen LogP contribution in [0.15, 0.2) is 0 Å². The summed E-state index contributed by atoms with van der Waals surface area (Å²) in [5.41, 5.74) is 0. The molecule has 6 nitrogen and oxygen atoms in total. The predicted molar refractivity (Wildman–Crippen MR) is 33.9 cm³/mol. The van der Waals surface area contributed by atoms with Crippen LogP contribution in [0.25, 0.3) is 0 Å². The number of carboxylic acids is 2. The Morgan fingerprint density at radius 3 is 1.82 bits per heavy atom. The Bertz CT molecular complexity index is 141. The average molecular weight is 163 g/mol. The third-order valence-corrected chi connectivity index (χ3v) is 0.881. The van der Waals surface area contributed by atoms with Crippen LogP contribution in [0.5, 0.6) is 0 Å². The Kier molecular flexibility index (Phi) is 4.16. The normalized spacial score (nSPS) is 10.0. The molecule has 64 valence electrons. The van der Waals surface area contributed by atoms with E-state index in [4.69, 9.17) is 10.2 Å². The first kappa shape index (κ1) is 9.86. The van der Waals surface area contributed by atoms with E-state index in [1.807, 2.05) is 0 Å². The number of carbonyl (C=O) groups is 2. The van der Waals surface area contributed by atoms with Crippen molar-refractivity contribution in [2.75, 3.05) is 20.2 Å². The first-order valence-corrected chi connectivity index (χ1v) is 2.79. The summed E-state index contributed by atoms with van der Waals surface area (Å²) in [4.78, 5) is 24.5. The highest BCUT2D eigenvalue weighted by Crippen LogP contribution is 1.86. The molecule has 0 fully saturated rings. The molecule has 0 saturated carbocycles. The Balaban J connectivity index is 3.76. The number of hydrogen-bond acceptors (Lipinski definition) is 4. The lowest BCUT2D eigenvalue weighted by atomic mass is 10.6. The molecule has 0 saturated heterocycles. The Labute approximate surface area is 62.9 Å². The second-order valence-electron chi connectivity index (χ2n) is 1.77. The van der Waals surface area contributed by atoms with Gasteiger partial charge in [0.25, 0.3) is 0 Å². The summed E-state index contributed by atoms with van der Waals surface area (Å²) in [6.45, 7) is -0.883. The third kappa shape index (κ3) is 5.31. The van der Waals surface area contributed by atoms with Crippen molar-refractivity contribution in [1.82, 2.24) is 5.06 Å². The van der Waals surface area contributed by atoms with Crippen molar-refractivity contribution in [3.05, 3.63) is 0 Å². The second kappa shape index (κ2) is 4.64. The van der Waals surface area contributed by atoms with E-state index in [1.165, 1.54) is 7.11 Å². The van der Waals surface area contributed by atoms with Crippen LogP contribution >= 0.6 is 0 Å². The van der Waals surface area contributed by atoms with Crippen molar-refractivity contribution in [1.29, 1.82) is 0 Å². The lowest BCUT2D eigenvalue weighted by molar-refractivity contribution is -0.173. The van der Waals surface area contributed by atoms with Gasteiger partial charge >= 0.3 is 11.9 Å². The summed E-state index contributed by atoms with van der Waals surface area (Å²) in [6.07, 6.45) is 0. The van der Waals surface area contributed by atoms with Crippen LogP contribution in [0.4, 0.5) is 0 Å².